The van der Waals surface area contributed by atoms with Crippen molar-refractivity contribution in [2.45, 2.75) is 18.9 Å². The number of nitrogens with zero attached hydrogens (tertiary/aromatic N) is 2. The predicted octanol–water partition coefficient (Wildman–Crippen LogP) is -0.139. The minimum absolute atomic E-state index is 0.0110. The number of nitrogen functional groups attached to an aromatic ring is 1. The van der Waals surface area contributed by atoms with Crippen molar-refractivity contribution in [3.63, 3.8) is 0 Å². The average Bonchev–Trinajstić information content (AvgIpc) is 2.75. The van der Waals surface area contributed by atoms with E-state index in [9.17, 15) is 9.90 Å². The standard InChI is InChI=1S/C9H13N3O2S/c10-9-11-6(5-15-9)3-8(14)12-2-1-7(13)4-12/h5,7,13H,1-4H2,(H2,10,11)/t7-/m1/s1. The summed E-state index contributed by atoms with van der Waals surface area (Å²) >= 11 is 1.34. The highest BCUT2D eigenvalue weighted by atomic mass is 32.1. The molecule has 1 aliphatic rings. The van der Waals surface area contributed by atoms with Crippen molar-refractivity contribution in [1.82, 2.24) is 9.88 Å². The normalized spacial score (nSPS) is 20.9. The number of β-amino-alcohol motifs (C(OH)–C–C–N with tert-alkyl or cyclic N) is 1. The number of anilines is 1. The number of carbonyl (C=O) groups excluding carboxylic acids is 1. The van der Waals surface area contributed by atoms with Gasteiger partial charge in [-0.25, -0.2) is 4.98 Å². The molecule has 0 aliphatic carbocycles. The van der Waals surface area contributed by atoms with Crippen LogP contribution in [0.25, 0.3) is 0 Å². The van der Waals surface area contributed by atoms with E-state index in [4.69, 9.17) is 5.73 Å². The highest BCUT2D eigenvalue weighted by molar-refractivity contribution is 7.13. The van der Waals surface area contributed by atoms with E-state index in [-0.39, 0.29) is 18.4 Å². The van der Waals surface area contributed by atoms with Crippen LogP contribution in [0.3, 0.4) is 0 Å². The fourth-order valence-corrected chi connectivity index (χ4v) is 2.20. The summed E-state index contributed by atoms with van der Waals surface area (Å²) in [6.45, 7) is 1.08. The van der Waals surface area contributed by atoms with Gasteiger partial charge in [-0.05, 0) is 6.42 Å². The molecular formula is C9H13N3O2S. The first-order valence-electron chi connectivity index (χ1n) is 4.81. The van der Waals surface area contributed by atoms with Crippen molar-refractivity contribution < 1.29 is 9.90 Å². The van der Waals surface area contributed by atoms with Gasteiger partial charge >= 0.3 is 0 Å². The van der Waals surface area contributed by atoms with Crippen LogP contribution in [0.15, 0.2) is 5.38 Å². The van der Waals surface area contributed by atoms with Gasteiger partial charge in [0.25, 0.3) is 0 Å². The van der Waals surface area contributed by atoms with Gasteiger partial charge in [-0.15, -0.1) is 11.3 Å². The van der Waals surface area contributed by atoms with E-state index >= 15 is 0 Å². The Bertz CT molecular complexity index is 366. The second-order valence-electron chi connectivity index (χ2n) is 3.64. The largest absolute Gasteiger partial charge is 0.391 e. The molecule has 0 spiro atoms. The quantitative estimate of drug-likeness (QED) is 0.737. The molecule has 1 amide bonds. The van der Waals surface area contributed by atoms with Crippen molar-refractivity contribution in [2.75, 3.05) is 18.8 Å². The number of carbonyl (C=O) groups is 1. The first kappa shape index (κ1) is 10.4. The SMILES string of the molecule is Nc1nc(CC(=O)N2CC[C@@H](O)C2)cs1. The summed E-state index contributed by atoms with van der Waals surface area (Å²) in [6, 6.07) is 0. The van der Waals surface area contributed by atoms with Gasteiger partial charge in [0, 0.05) is 18.5 Å². The molecule has 1 saturated heterocycles. The summed E-state index contributed by atoms with van der Waals surface area (Å²) in [5, 5.41) is 11.6. The smallest absolute Gasteiger partial charge is 0.228 e. The fraction of sp³-hybridized carbons (Fsp3) is 0.556. The Hall–Kier alpha value is -1.14. The Morgan fingerprint density at radius 3 is 3.13 bits per heavy atom. The highest BCUT2D eigenvalue weighted by Gasteiger charge is 2.24. The van der Waals surface area contributed by atoms with Crippen LogP contribution in [0.4, 0.5) is 5.13 Å². The number of likely N-dealkylation sites (tertiary alicyclic amines) is 1. The summed E-state index contributed by atoms with van der Waals surface area (Å²) in [4.78, 5) is 17.4. The van der Waals surface area contributed by atoms with E-state index in [0.717, 1.165) is 0 Å². The summed E-state index contributed by atoms with van der Waals surface area (Å²) < 4.78 is 0. The molecule has 0 unspecified atom stereocenters. The van der Waals surface area contributed by atoms with Crippen LogP contribution in [-0.2, 0) is 11.2 Å². The van der Waals surface area contributed by atoms with E-state index in [1.807, 2.05) is 0 Å². The third kappa shape index (κ3) is 2.45. The minimum Gasteiger partial charge on any atom is -0.391 e. The van der Waals surface area contributed by atoms with E-state index in [2.05, 4.69) is 4.98 Å². The van der Waals surface area contributed by atoms with Crippen molar-refractivity contribution in [3.8, 4) is 0 Å². The molecule has 5 nitrogen and oxygen atoms in total. The van der Waals surface area contributed by atoms with E-state index in [1.54, 1.807) is 10.3 Å². The number of aromatic nitrogens is 1. The molecule has 0 saturated carbocycles. The molecule has 2 heterocycles. The number of aliphatic hydroxyl groups excluding tert-OH is 1. The third-order valence-corrected chi connectivity index (χ3v) is 3.14. The third-order valence-electron chi connectivity index (χ3n) is 2.42. The summed E-state index contributed by atoms with van der Waals surface area (Å²) in [6.07, 6.45) is 0.584. The Balaban J connectivity index is 1.92. The molecule has 1 aromatic rings. The summed E-state index contributed by atoms with van der Waals surface area (Å²) in [7, 11) is 0. The van der Waals surface area contributed by atoms with Crippen LogP contribution < -0.4 is 5.73 Å². The summed E-state index contributed by atoms with van der Waals surface area (Å²) in [5.41, 5.74) is 6.18. The second kappa shape index (κ2) is 4.16. The monoisotopic (exact) mass is 227 g/mol. The Morgan fingerprint density at radius 1 is 1.80 bits per heavy atom. The lowest BCUT2D eigenvalue weighted by molar-refractivity contribution is -0.129. The molecule has 0 bridgehead atoms. The molecule has 15 heavy (non-hydrogen) atoms. The van der Waals surface area contributed by atoms with Crippen molar-refractivity contribution in [3.05, 3.63) is 11.1 Å². The number of amides is 1. The van der Waals surface area contributed by atoms with Gasteiger partial charge in [0.2, 0.25) is 5.91 Å². The topological polar surface area (TPSA) is 79.5 Å². The van der Waals surface area contributed by atoms with E-state index < -0.39 is 0 Å². The van der Waals surface area contributed by atoms with Gasteiger partial charge in [0.05, 0.1) is 18.2 Å². The molecule has 1 aromatic heterocycles. The minimum atomic E-state index is -0.366. The molecule has 1 aliphatic heterocycles. The van der Waals surface area contributed by atoms with Crippen molar-refractivity contribution in [2.24, 2.45) is 0 Å². The molecule has 1 atom stereocenters. The van der Waals surface area contributed by atoms with Crippen LogP contribution in [0, 0.1) is 0 Å². The van der Waals surface area contributed by atoms with Gasteiger partial charge < -0.3 is 15.7 Å². The Kier molecular flexibility index (Phi) is 2.88. The number of hydrogen-bond acceptors (Lipinski definition) is 5. The Labute approximate surface area is 91.5 Å². The van der Waals surface area contributed by atoms with Gasteiger partial charge in [-0.3, -0.25) is 4.79 Å². The van der Waals surface area contributed by atoms with Crippen molar-refractivity contribution >= 4 is 22.4 Å². The number of aliphatic hydroxyl groups is 1. The van der Waals surface area contributed by atoms with Crippen LogP contribution in [0.1, 0.15) is 12.1 Å². The molecule has 3 N–H and O–H groups in total. The molecule has 6 heteroatoms. The lowest BCUT2D eigenvalue weighted by Gasteiger charge is -2.14. The zero-order valence-electron chi connectivity index (χ0n) is 8.22. The first-order chi connectivity index (χ1) is 7.15. The van der Waals surface area contributed by atoms with E-state index in [0.29, 0.717) is 30.3 Å². The van der Waals surface area contributed by atoms with Crippen LogP contribution in [0.5, 0.6) is 0 Å². The number of thiazole rings is 1. The van der Waals surface area contributed by atoms with Crippen LogP contribution in [-0.4, -0.2) is 40.1 Å². The molecule has 0 radical (unpaired) electrons. The van der Waals surface area contributed by atoms with Gasteiger partial charge in [0.15, 0.2) is 5.13 Å². The van der Waals surface area contributed by atoms with Gasteiger partial charge in [-0.2, -0.15) is 0 Å². The lowest BCUT2D eigenvalue weighted by atomic mass is 10.3. The van der Waals surface area contributed by atoms with Gasteiger partial charge in [0.1, 0.15) is 0 Å². The highest BCUT2D eigenvalue weighted by Crippen LogP contribution is 2.14. The maximum Gasteiger partial charge on any atom is 0.228 e. The summed E-state index contributed by atoms with van der Waals surface area (Å²) in [5.74, 6) is 0.0110. The molecule has 1 fully saturated rings. The molecule has 82 valence electrons. The lowest BCUT2D eigenvalue weighted by Crippen LogP contribution is -2.30. The maximum atomic E-state index is 11.7. The molecular weight excluding hydrogens is 214 g/mol. The zero-order valence-corrected chi connectivity index (χ0v) is 9.04. The van der Waals surface area contributed by atoms with E-state index in [1.165, 1.54) is 11.3 Å². The first-order valence-corrected chi connectivity index (χ1v) is 5.69. The zero-order chi connectivity index (χ0) is 10.8. The van der Waals surface area contributed by atoms with Crippen LogP contribution >= 0.6 is 11.3 Å². The maximum absolute atomic E-state index is 11.7. The number of rotatable bonds is 2. The number of hydrogen-bond donors (Lipinski definition) is 2. The predicted molar refractivity (Wildman–Crippen MR) is 57.4 cm³/mol. The second-order valence-corrected chi connectivity index (χ2v) is 4.53. The van der Waals surface area contributed by atoms with Crippen LogP contribution in [0.2, 0.25) is 0 Å². The average molecular weight is 227 g/mol. The number of nitrogens with two attached hydrogens (primary N) is 1. The van der Waals surface area contributed by atoms with Crippen molar-refractivity contribution in [1.29, 1.82) is 0 Å². The molecule has 2 rings (SSSR count). The Morgan fingerprint density at radius 2 is 2.60 bits per heavy atom. The van der Waals surface area contributed by atoms with Gasteiger partial charge in [-0.1, -0.05) is 0 Å². The fourth-order valence-electron chi connectivity index (χ4n) is 1.64. The molecule has 0 aromatic carbocycles.